The zero-order chi connectivity index (χ0) is 4.99. The maximum absolute atomic E-state index is 2.68. The summed E-state index contributed by atoms with van der Waals surface area (Å²) in [4.78, 5) is 0. The van der Waals surface area contributed by atoms with Crippen molar-refractivity contribution in [1.29, 1.82) is 0 Å². The van der Waals surface area contributed by atoms with Gasteiger partial charge in [0.15, 0.2) is 0 Å². The molecule has 0 aliphatic carbocycles. The summed E-state index contributed by atoms with van der Waals surface area (Å²) in [5, 5.41) is 0. The van der Waals surface area contributed by atoms with Crippen molar-refractivity contribution >= 4 is 16.9 Å². The van der Waals surface area contributed by atoms with Crippen LogP contribution in [-0.2, 0) is 0 Å². The third kappa shape index (κ3) is 2.78. The third-order valence-electron chi connectivity index (χ3n) is 0.942. The topological polar surface area (TPSA) is 0 Å². The first-order valence-electron chi connectivity index (χ1n) is 2.49. The summed E-state index contributed by atoms with van der Waals surface area (Å²) in [5.41, 5.74) is 0. The molecule has 6 heavy (non-hydrogen) atoms. The fourth-order valence-corrected chi connectivity index (χ4v) is 0.289. The molecule has 0 fully saturated rings. The molecule has 0 bridgehead atoms. The van der Waals surface area contributed by atoms with Crippen LogP contribution >= 0.6 is 0 Å². The van der Waals surface area contributed by atoms with E-state index in [0.717, 1.165) is 4.71 Å². The Kier molecular flexibility index (Phi) is 4.09. The second kappa shape index (κ2) is 3.74. The average Bonchev–Trinajstić information content (AvgIpc) is 1.65. The Hall–Kier alpha value is 0.558. The molecule has 0 aromatic rings. The summed E-state index contributed by atoms with van der Waals surface area (Å²) in [7, 11) is 0. The molecule has 1 heteroatoms. The van der Waals surface area contributed by atoms with Crippen molar-refractivity contribution in [3.8, 4) is 0 Å². The summed E-state index contributed by atoms with van der Waals surface area (Å²) >= 11 is 2.68. The van der Waals surface area contributed by atoms with Crippen LogP contribution in [0.2, 0.25) is 4.71 Å². The molecule has 0 atom stereocenters. The van der Waals surface area contributed by atoms with E-state index in [1.165, 1.54) is 12.8 Å². The van der Waals surface area contributed by atoms with Gasteiger partial charge < -0.3 is 0 Å². The van der Waals surface area contributed by atoms with Gasteiger partial charge in [0, 0.05) is 0 Å². The zero-order valence-corrected chi connectivity index (χ0v) is 6.32. The molecule has 0 saturated carbocycles. The molecule has 0 heterocycles. The van der Waals surface area contributed by atoms with Crippen LogP contribution in [-0.4, -0.2) is 16.9 Å². The predicted octanol–water partition coefficient (Wildman–Crippen LogP) is 1.76. The van der Waals surface area contributed by atoms with Crippen LogP contribution in [0.25, 0.3) is 0 Å². The molecule has 0 spiro atoms. The van der Waals surface area contributed by atoms with Crippen molar-refractivity contribution in [2.45, 2.75) is 31.4 Å². The van der Waals surface area contributed by atoms with E-state index in [9.17, 15) is 0 Å². The van der Waals surface area contributed by atoms with E-state index in [1.807, 2.05) is 0 Å². The predicted molar refractivity (Wildman–Crippen MR) is 30.1 cm³/mol. The molecule has 0 aliphatic heterocycles. The van der Waals surface area contributed by atoms with Gasteiger partial charge >= 0.3 is 48.2 Å². The average molecular weight is 146 g/mol. The van der Waals surface area contributed by atoms with Gasteiger partial charge in [0.05, 0.1) is 0 Å². The Morgan fingerprint density at radius 2 is 1.67 bits per heavy atom. The van der Waals surface area contributed by atoms with Crippen LogP contribution in [0.15, 0.2) is 0 Å². The van der Waals surface area contributed by atoms with E-state index in [2.05, 4.69) is 30.7 Å². The third-order valence-corrected chi connectivity index (χ3v) is 2.47. The van der Waals surface area contributed by atoms with E-state index in [1.54, 1.807) is 0 Å². The fourth-order valence-electron chi connectivity index (χ4n) is 0.289. The van der Waals surface area contributed by atoms with Gasteiger partial charge in [-0.1, -0.05) is 0 Å². The van der Waals surface area contributed by atoms with Crippen LogP contribution < -0.4 is 0 Å². The minimum absolute atomic E-state index is 0.873. The van der Waals surface area contributed by atoms with Crippen molar-refractivity contribution in [2.75, 3.05) is 0 Å². The number of hydrogen-bond donors (Lipinski definition) is 0. The van der Waals surface area contributed by atoms with E-state index < -0.39 is 0 Å². The molecule has 0 aromatic heterocycles. The molecular formula is C5H11As. The summed E-state index contributed by atoms with van der Waals surface area (Å²) in [6.07, 6.45) is 2.60. The monoisotopic (exact) mass is 146 g/mol. The minimum atomic E-state index is 0.873. The molecule has 0 amide bonds. The number of rotatable bonds is 2. The van der Waals surface area contributed by atoms with E-state index >= 15 is 0 Å². The molecule has 0 aromatic carbocycles. The van der Waals surface area contributed by atoms with Gasteiger partial charge in [0.25, 0.3) is 0 Å². The van der Waals surface area contributed by atoms with Crippen LogP contribution in [0.1, 0.15) is 26.7 Å². The van der Waals surface area contributed by atoms with Gasteiger partial charge in [-0.15, -0.1) is 0 Å². The first kappa shape index (κ1) is 6.56. The Balaban J connectivity index is 2.75. The summed E-state index contributed by atoms with van der Waals surface area (Å²) in [5.74, 6) is 0. The Morgan fingerprint density at radius 1 is 1.33 bits per heavy atom. The maximum atomic E-state index is 2.68. The second-order valence-corrected chi connectivity index (χ2v) is 3.00. The molecule has 0 nitrogen and oxygen atoms in total. The number of hydrogen-bond acceptors (Lipinski definition) is 0. The van der Waals surface area contributed by atoms with Crippen molar-refractivity contribution in [2.24, 2.45) is 0 Å². The SMILES string of the molecule is CCC([As])CC. The standard InChI is InChI=1S/C5H11As/c1-3-5(6)4-2/h5H,3-4H2,1-2H3. The van der Waals surface area contributed by atoms with Gasteiger partial charge in [-0.3, -0.25) is 0 Å². The molecule has 0 N–H and O–H groups in total. The van der Waals surface area contributed by atoms with Crippen molar-refractivity contribution in [3.05, 3.63) is 0 Å². The normalized spacial score (nSPS) is 10.0. The quantitative estimate of drug-likeness (QED) is 0.520. The van der Waals surface area contributed by atoms with Crippen LogP contribution in [0, 0.1) is 0 Å². The van der Waals surface area contributed by atoms with Crippen molar-refractivity contribution in [3.63, 3.8) is 0 Å². The van der Waals surface area contributed by atoms with Crippen LogP contribution in [0.3, 0.4) is 0 Å². The van der Waals surface area contributed by atoms with Crippen molar-refractivity contribution in [1.82, 2.24) is 0 Å². The fraction of sp³-hybridized carbons (Fsp3) is 1.00. The molecule has 0 unspecified atom stereocenters. The summed E-state index contributed by atoms with van der Waals surface area (Å²) in [6, 6.07) is 0. The molecule has 0 saturated heterocycles. The van der Waals surface area contributed by atoms with E-state index in [4.69, 9.17) is 0 Å². The van der Waals surface area contributed by atoms with Crippen LogP contribution in [0.5, 0.6) is 0 Å². The summed E-state index contributed by atoms with van der Waals surface area (Å²) < 4.78 is 0.873. The first-order chi connectivity index (χ1) is 2.81. The zero-order valence-electron chi connectivity index (χ0n) is 4.44. The Bertz CT molecular complexity index is 23.1. The van der Waals surface area contributed by atoms with E-state index in [-0.39, 0.29) is 0 Å². The van der Waals surface area contributed by atoms with Gasteiger partial charge in [-0.25, -0.2) is 0 Å². The molecule has 0 rings (SSSR count). The van der Waals surface area contributed by atoms with Gasteiger partial charge in [-0.2, -0.15) is 0 Å². The van der Waals surface area contributed by atoms with Gasteiger partial charge in [0.2, 0.25) is 0 Å². The van der Waals surface area contributed by atoms with Crippen molar-refractivity contribution < 1.29 is 0 Å². The first-order valence-corrected chi connectivity index (χ1v) is 3.57. The Morgan fingerprint density at radius 3 is 1.67 bits per heavy atom. The molecule has 36 valence electrons. The molecule has 0 aliphatic rings. The summed E-state index contributed by atoms with van der Waals surface area (Å²) in [6.45, 7) is 4.43. The molecule has 2 radical (unpaired) electrons. The van der Waals surface area contributed by atoms with Gasteiger partial charge in [0.1, 0.15) is 0 Å². The van der Waals surface area contributed by atoms with Crippen LogP contribution in [0.4, 0.5) is 0 Å². The Labute approximate surface area is 48.8 Å². The second-order valence-electron chi connectivity index (χ2n) is 1.47. The van der Waals surface area contributed by atoms with Gasteiger partial charge in [-0.05, 0) is 0 Å². The van der Waals surface area contributed by atoms with E-state index in [0.29, 0.717) is 0 Å². The molecular weight excluding hydrogens is 135 g/mol.